The van der Waals surface area contributed by atoms with Crippen molar-refractivity contribution in [3.63, 3.8) is 0 Å². The molecule has 0 N–H and O–H groups in total. The van der Waals surface area contributed by atoms with Crippen LogP contribution >= 0.6 is 23.1 Å². The van der Waals surface area contributed by atoms with Gasteiger partial charge in [-0.2, -0.15) is 4.99 Å². The molecule has 2 aromatic carbocycles. The van der Waals surface area contributed by atoms with Crippen LogP contribution in [0.1, 0.15) is 31.0 Å². The van der Waals surface area contributed by atoms with E-state index in [1.165, 1.54) is 23.1 Å². The Labute approximate surface area is 202 Å². The normalized spacial score (nSPS) is 16.1. The highest BCUT2D eigenvalue weighted by Crippen LogP contribution is 2.38. The molecular formula is C25H25N3O3S2. The first-order valence-electron chi connectivity index (χ1n) is 10.7. The average molecular weight is 480 g/mol. The van der Waals surface area contributed by atoms with Crippen molar-refractivity contribution in [3.8, 4) is 11.5 Å². The summed E-state index contributed by atoms with van der Waals surface area (Å²) in [5, 5.41) is 3.15. The van der Waals surface area contributed by atoms with Crippen LogP contribution < -0.4 is 14.4 Å². The molecule has 8 heteroatoms. The smallest absolute Gasteiger partial charge is 0.271 e. The Morgan fingerprint density at radius 3 is 2.67 bits per heavy atom. The van der Waals surface area contributed by atoms with Crippen molar-refractivity contribution in [2.45, 2.75) is 26.7 Å². The minimum absolute atomic E-state index is 0.125. The second-order valence-electron chi connectivity index (χ2n) is 7.36. The molecule has 170 valence electrons. The molecule has 0 bridgehead atoms. The lowest BCUT2D eigenvalue weighted by atomic mass is 10.1. The Hall–Kier alpha value is -3.10. The number of aromatic nitrogens is 1. The van der Waals surface area contributed by atoms with E-state index in [1.54, 1.807) is 12.0 Å². The zero-order valence-electron chi connectivity index (χ0n) is 18.8. The van der Waals surface area contributed by atoms with Crippen LogP contribution in [0.5, 0.6) is 11.5 Å². The number of amides is 1. The largest absolute Gasteiger partial charge is 0.493 e. The number of thioether (sulfide) groups is 1. The zero-order chi connectivity index (χ0) is 23.2. The first kappa shape index (κ1) is 23.1. The van der Waals surface area contributed by atoms with Crippen LogP contribution in [0.15, 0.2) is 63.8 Å². The van der Waals surface area contributed by atoms with E-state index in [9.17, 15) is 4.79 Å². The van der Waals surface area contributed by atoms with E-state index in [0.29, 0.717) is 33.3 Å². The highest BCUT2D eigenvalue weighted by atomic mass is 32.2. The predicted octanol–water partition coefficient (Wildman–Crippen LogP) is 6.45. The number of hydrogen-bond acceptors (Lipinski definition) is 7. The standard InChI is InChI=1S/C25H25N3O3S2/c1-4-5-13-31-20-12-11-18(14-21(20)30-3)15-22-23(29)28(19-9-7-6-8-10-19)25(33-22)27-24-26-17(2)16-32-24/h6-12,14-16H,4-5,13H2,1-3H3/b22-15-,27-25+. The number of amidine groups is 1. The monoisotopic (exact) mass is 479 g/mol. The summed E-state index contributed by atoms with van der Waals surface area (Å²) in [5.41, 5.74) is 2.52. The third kappa shape index (κ3) is 5.46. The van der Waals surface area contributed by atoms with Gasteiger partial charge >= 0.3 is 0 Å². The second kappa shape index (κ2) is 10.7. The van der Waals surface area contributed by atoms with Gasteiger partial charge in [0.25, 0.3) is 5.91 Å². The number of benzene rings is 2. The number of unbranched alkanes of at least 4 members (excludes halogenated alkanes) is 1. The number of rotatable bonds is 8. The molecule has 0 spiro atoms. The molecule has 1 aliphatic heterocycles. The number of carbonyl (C=O) groups excluding carboxylic acids is 1. The molecule has 3 aromatic rings. The van der Waals surface area contributed by atoms with Gasteiger partial charge in [-0.15, -0.1) is 11.3 Å². The fraction of sp³-hybridized carbons (Fsp3) is 0.240. The SMILES string of the molecule is CCCCOc1ccc(/C=C2\S/C(=N/c3nc(C)cs3)N(c3ccccc3)C2=O)cc1OC. The number of aliphatic imine (C=N–C) groups is 1. The molecule has 1 amide bonds. The number of aryl methyl sites for hydroxylation is 1. The Balaban J connectivity index is 1.66. The minimum Gasteiger partial charge on any atom is -0.493 e. The average Bonchev–Trinajstić information content (AvgIpc) is 3.37. The van der Waals surface area contributed by atoms with Gasteiger partial charge in [-0.3, -0.25) is 9.69 Å². The molecule has 6 nitrogen and oxygen atoms in total. The third-order valence-electron chi connectivity index (χ3n) is 4.86. The van der Waals surface area contributed by atoms with Gasteiger partial charge in [0.15, 0.2) is 16.7 Å². The van der Waals surface area contributed by atoms with Gasteiger partial charge < -0.3 is 9.47 Å². The summed E-state index contributed by atoms with van der Waals surface area (Å²) < 4.78 is 11.3. The van der Waals surface area contributed by atoms with Crippen LogP contribution in [0.25, 0.3) is 6.08 Å². The molecule has 0 atom stereocenters. The van der Waals surface area contributed by atoms with Crippen LogP contribution in [0.2, 0.25) is 0 Å². The van der Waals surface area contributed by atoms with Gasteiger partial charge in [0.2, 0.25) is 5.13 Å². The molecule has 33 heavy (non-hydrogen) atoms. The first-order chi connectivity index (χ1) is 16.1. The van der Waals surface area contributed by atoms with E-state index in [2.05, 4.69) is 16.9 Å². The van der Waals surface area contributed by atoms with Gasteiger partial charge in [0.05, 0.1) is 30.0 Å². The van der Waals surface area contributed by atoms with E-state index < -0.39 is 0 Å². The maximum absolute atomic E-state index is 13.4. The maximum atomic E-state index is 13.4. The molecule has 0 saturated carbocycles. The molecule has 1 saturated heterocycles. The second-order valence-corrected chi connectivity index (χ2v) is 9.21. The van der Waals surface area contributed by atoms with E-state index in [-0.39, 0.29) is 5.91 Å². The number of carbonyl (C=O) groups is 1. The molecule has 2 heterocycles. The fourth-order valence-electron chi connectivity index (χ4n) is 3.20. The van der Waals surface area contributed by atoms with Crippen molar-refractivity contribution in [3.05, 3.63) is 70.1 Å². The van der Waals surface area contributed by atoms with E-state index in [4.69, 9.17) is 9.47 Å². The Bertz CT molecular complexity index is 1190. The van der Waals surface area contributed by atoms with E-state index in [1.807, 2.05) is 66.9 Å². The van der Waals surface area contributed by atoms with Crippen molar-refractivity contribution < 1.29 is 14.3 Å². The van der Waals surface area contributed by atoms with Gasteiger partial charge in [-0.1, -0.05) is 37.6 Å². The summed E-state index contributed by atoms with van der Waals surface area (Å²) in [5.74, 6) is 1.22. The first-order valence-corrected chi connectivity index (χ1v) is 12.4. The highest BCUT2D eigenvalue weighted by molar-refractivity contribution is 8.19. The van der Waals surface area contributed by atoms with E-state index >= 15 is 0 Å². The highest BCUT2D eigenvalue weighted by Gasteiger charge is 2.35. The summed E-state index contributed by atoms with van der Waals surface area (Å²) in [6, 6.07) is 15.2. The van der Waals surface area contributed by atoms with Crippen molar-refractivity contribution in [1.82, 2.24) is 4.98 Å². The summed E-state index contributed by atoms with van der Waals surface area (Å²) in [6.45, 7) is 4.69. The minimum atomic E-state index is -0.125. The molecule has 1 aromatic heterocycles. The lowest BCUT2D eigenvalue weighted by molar-refractivity contribution is -0.113. The van der Waals surface area contributed by atoms with Gasteiger partial charge in [-0.05, 0) is 61.0 Å². The molecule has 0 unspecified atom stereocenters. The van der Waals surface area contributed by atoms with Crippen molar-refractivity contribution >= 4 is 51.1 Å². The number of anilines is 1. The number of ether oxygens (including phenoxy) is 2. The summed E-state index contributed by atoms with van der Waals surface area (Å²) in [7, 11) is 1.62. The van der Waals surface area contributed by atoms with Crippen LogP contribution in [0.4, 0.5) is 10.8 Å². The van der Waals surface area contributed by atoms with Crippen LogP contribution in [0, 0.1) is 6.92 Å². The predicted molar refractivity (Wildman–Crippen MR) is 137 cm³/mol. The van der Waals surface area contributed by atoms with Crippen LogP contribution in [-0.4, -0.2) is 29.8 Å². The molecule has 0 aliphatic carbocycles. The fourth-order valence-corrected chi connectivity index (χ4v) is 4.90. The number of nitrogens with zero attached hydrogens (tertiary/aromatic N) is 3. The Morgan fingerprint density at radius 2 is 1.97 bits per heavy atom. The van der Waals surface area contributed by atoms with Gasteiger partial charge in [0.1, 0.15) is 0 Å². The summed E-state index contributed by atoms with van der Waals surface area (Å²) in [6.07, 6.45) is 3.90. The lowest BCUT2D eigenvalue weighted by Gasteiger charge is -2.15. The van der Waals surface area contributed by atoms with Crippen molar-refractivity contribution in [2.75, 3.05) is 18.6 Å². The summed E-state index contributed by atoms with van der Waals surface area (Å²) in [4.78, 5) is 24.7. The quantitative estimate of drug-likeness (QED) is 0.274. The van der Waals surface area contributed by atoms with Crippen LogP contribution in [0.3, 0.4) is 0 Å². The zero-order valence-corrected chi connectivity index (χ0v) is 20.4. The van der Waals surface area contributed by atoms with Gasteiger partial charge in [0, 0.05) is 5.38 Å². The lowest BCUT2D eigenvalue weighted by Crippen LogP contribution is -2.28. The maximum Gasteiger partial charge on any atom is 0.271 e. The Morgan fingerprint density at radius 1 is 1.15 bits per heavy atom. The summed E-state index contributed by atoms with van der Waals surface area (Å²) >= 11 is 2.79. The number of methoxy groups -OCH3 is 1. The molecule has 0 radical (unpaired) electrons. The molecule has 1 fully saturated rings. The molecule has 1 aliphatic rings. The number of thiazole rings is 1. The third-order valence-corrected chi connectivity index (χ3v) is 6.68. The van der Waals surface area contributed by atoms with Crippen molar-refractivity contribution in [2.24, 2.45) is 4.99 Å². The number of hydrogen-bond donors (Lipinski definition) is 0. The molecular weight excluding hydrogens is 454 g/mol. The van der Waals surface area contributed by atoms with Gasteiger partial charge in [-0.25, -0.2) is 4.98 Å². The number of para-hydroxylation sites is 1. The molecule has 4 rings (SSSR count). The topological polar surface area (TPSA) is 64.0 Å². The van der Waals surface area contributed by atoms with Crippen molar-refractivity contribution in [1.29, 1.82) is 0 Å². The van der Waals surface area contributed by atoms with E-state index in [0.717, 1.165) is 29.8 Å². The Kier molecular flexibility index (Phi) is 7.47. The van der Waals surface area contributed by atoms with Crippen LogP contribution in [-0.2, 0) is 4.79 Å².